The van der Waals surface area contributed by atoms with Crippen LogP contribution in [0.4, 0.5) is 0 Å². The average Bonchev–Trinajstić information content (AvgIpc) is 2.47. The van der Waals surface area contributed by atoms with Gasteiger partial charge in [-0.25, -0.2) is 0 Å². The second-order valence-corrected chi connectivity index (χ2v) is 5.00. The molecule has 0 unspecified atom stereocenters. The zero-order valence-electron chi connectivity index (χ0n) is 13.4. The lowest BCUT2D eigenvalue weighted by Crippen LogP contribution is -2.41. The fraction of sp³-hybridized carbons (Fsp3) is 0.562. The molecule has 0 amide bonds. The minimum atomic E-state index is 0. The highest BCUT2D eigenvalue weighted by molar-refractivity contribution is 14.0. The molecule has 0 fully saturated rings. The van der Waals surface area contributed by atoms with Crippen molar-refractivity contribution in [3.8, 4) is 0 Å². The molecule has 0 bridgehead atoms. The Morgan fingerprint density at radius 2 is 1.81 bits per heavy atom. The van der Waals surface area contributed by atoms with Crippen molar-refractivity contribution in [3.05, 3.63) is 35.9 Å². The second kappa shape index (κ2) is 12.9. The highest BCUT2D eigenvalue weighted by Crippen LogP contribution is 2.01. The van der Waals surface area contributed by atoms with Gasteiger partial charge in [-0.3, -0.25) is 4.99 Å². The van der Waals surface area contributed by atoms with Gasteiger partial charge in [0.25, 0.3) is 0 Å². The molecule has 0 aliphatic heterocycles. The van der Waals surface area contributed by atoms with Gasteiger partial charge in [-0.05, 0) is 19.0 Å². The molecule has 1 rings (SSSR count). The molecule has 21 heavy (non-hydrogen) atoms. The molecule has 0 aliphatic rings. The maximum atomic E-state index is 4.22. The number of unbranched alkanes of at least 4 members (excludes halogenated alkanes) is 1. The van der Waals surface area contributed by atoms with Gasteiger partial charge in [0.2, 0.25) is 0 Å². The molecule has 4 nitrogen and oxygen atoms in total. The number of likely N-dealkylation sites (N-methyl/N-ethyl adjacent to an activating group) is 1. The van der Waals surface area contributed by atoms with E-state index in [1.54, 1.807) is 0 Å². The molecule has 0 saturated carbocycles. The summed E-state index contributed by atoms with van der Waals surface area (Å²) in [5.41, 5.74) is 1.35. The average molecular weight is 404 g/mol. The molecule has 0 heterocycles. The normalized spacial score (nSPS) is 11.1. The van der Waals surface area contributed by atoms with Crippen molar-refractivity contribution in [2.45, 2.75) is 26.3 Å². The van der Waals surface area contributed by atoms with Crippen LogP contribution in [0.2, 0.25) is 0 Å². The van der Waals surface area contributed by atoms with Gasteiger partial charge in [0.15, 0.2) is 5.96 Å². The SMILES string of the molecule is CCCCNC(=NC)NCCN(C)Cc1ccccc1.I. The largest absolute Gasteiger partial charge is 0.356 e. The van der Waals surface area contributed by atoms with E-state index in [-0.39, 0.29) is 24.0 Å². The van der Waals surface area contributed by atoms with Crippen molar-refractivity contribution in [2.24, 2.45) is 4.99 Å². The van der Waals surface area contributed by atoms with Gasteiger partial charge in [0.1, 0.15) is 0 Å². The predicted molar refractivity (Wildman–Crippen MR) is 102 cm³/mol. The Labute approximate surface area is 146 Å². The number of halogens is 1. The number of hydrogen-bond donors (Lipinski definition) is 2. The number of nitrogens with zero attached hydrogens (tertiary/aromatic N) is 2. The first-order valence-electron chi connectivity index (χ1n) is 7.43. The van der Waals surface area contributed by atoms with Crippen LogP contribution in [-0.2, 0) is 6.54 Å². The van der Waals surface area contributed by atoms with E-state index in [1.165, 1.54) is 18.4 Å². The van der Waals surface area contributed by atoms with E-state index in [2.05, 4.69) is 64.8 Å². The van der Waals surface area contributed by atoms with Crippen LogP contribution in [0.15, 0.2) is 35.3 Å². The Balaban J connectivity index is 0.00000400. The van der Waals surface area contributed by atoms with E-state index < -0.39 is 0 Å². The van der Waals surface area contributed by atoms with Gasteiger partial charge in [0, 0.05) is 33.2 Å². The van der Waals surface area contributed by atoms with Crippen LogP contribution < -0.4 is 10.6 Å². The van der Waals surface area contributed by atoms with E-state index >= 15 is 0 Å². The van der Waals surface area contributed by atoms with Crippen molar-refractivity contribution < 1.29 is 0 Å². The van der Waals surface area contributed by atoms with Crippen LogP contribution in [0, 0.1) is 0 Å². The molecule has 2 N–H and O–H groups in total. The standard InChI is InChI=1S/C16H28N4.HI/c1-4-5-11-18-16(17-2)19-12-13-20(3)14-15-9-7-6-8-10-15;/h6-10H,4-5,11-14H2,1-3H3,(H2,17,18,19);1H. The Bertz CT molecular complexity index is 381. The predicted octanol–water partition coefficient (Wildman–Crippen LogP) is 2.70. The van der Waals surface area contributed by atoms with Gasteiger partial charge in [-0.2, -0.15) is 0 Å². The summed E-state index contributed by atoms with van der Waals surface area (Å²) in [7, 11) is 3.96. The molecule has 1 aromatic carbocycles. The Morgan fingerprint density at radius 3 is 2.43 bits per heavy atom. The van der Waals surface area contributed by atoms with Crippen molar-refractivity contribution in [2.75, 3.05) is 33.7 Å². The summed E-state index contributed by atoms with van der Waals surface area (Å²) in [6.07, 6.45) is 2.37. The Hall–Kier alpha value is -0.820. The van der Waals surface area contributed by atoms with E-state index in [1.807, 2.05) is 7.05 Å². The molecule has 120 valence electrons. The minimum Gasteiger partial charge on any atom is -0.356 e. The highest BCUT2D eigenvalue weighted by atomic mass is 127. The first kappa shape index (κ1) is 20.2. The molecular formula is C16H29IN4. The molecule has 5 heteroatoms. The van der Waals surface area contributed by atoms with E-state index in [0.29, 0.717) is 0 Å². The molecule has 0 aromatic heterocycles. The molecule has 1 aromatic rings. The fourth-order valence-electron chi connectivity index (χ4n) is 1.94. The third-order valence-corrected chi connectivity index (χ3v) is 3.13. The zero-order chi connectivity index (χ0) is 14.6. The van der Waals surface area contributed by atoms with Crippen LogP contribution in [0.3, 0.4) is 0 Å². The number of guanidine groups is 1. The summed E-state index contributed by atoms with van der Waals surface area (Å²) in [4.78, 5) is 6.52. The number of nitrogens with one attached hydrogen (secondary N) is 2. The number of benzene rings is 1. The second-order valence-electron chi connectivity index (χ2n) is 5.00. The van der Waals surface area contributed by atoms with Gasteiger partial charge >= 0.3 is 0 Å². The van der Waals surface area contributed by atoms with Gasteiger partial charge in [-0.15, -0.1) is 24.0 Å². The summed E-state index contributed by atoms with van der Waals surface area (Å²) in [5, 5.41) is 6.66. The first-order valence-corrected chi connectivity index (χ1v) is 7.43. The van der Waals surface area contributed by atoms with Crippen molar-refractivity contribution in [1.82, 2.24) is 15.5 Å². The monoisotopic (exact) mass is 404 g/mol. The maximum absolute atomic E-state index is 4.22. The summed E-state index contributed by atoms with van der Waals surface area (Å²) in [6.45, 7) is 6.04. The maximum Gasteiger partial charge on any atom is 0.191 e. The lowest BCUT2D eigenvalue weighted by Gasteiger charge is -2.18. The van der Waals surface area contributed by atoms with Crippen LogP contribution >= 0.6 is 24.0 Å². The summed E-state index contributed by atoms with van der Waals surface area (Å²) in [6, 6.07) is 10.5. The molecule has 0 saturated heterocycles. The lowest BCUT2D eigenvalue weighted by molar-refractivity contribution is 0.331. The van der Waals surface area contributed by atoms with Crippen LogP contribution in [0.1, 0.15) is 25.3 Å². The molecule has 0 spiro atoms. The Kier molecular flexibility index (Phi) is 12.4. The van der Waals surface area contributed by atoms with Gasteiger partial charge in [0.05, 0.1) is 0 Å². The van der Waals surface area contributed by atoms with Crippen LogP contribution in [-0.4, -0.2) is 44.6 Å². The third kappa shape index (κ3) is 9.68. The quantitative estimate of drug-likeness (QED) is 0.303. The van der Waals surface area contributed by atoms with Crippen molar-refractivity contribution in [1.29, 1.82) is 0 Å². The Morgan fingerprint density at radius 1 is 1.14 bits per heavy atom. The van der Waals surface area contributed by atoms with E-state index in [0.717, 1.165) is 32.1 Å². The molecule has 0 aliphatic carbocycles. The summed E-state index contributed by atoms with van der Waals surface area (Å²) < 4.78 is 0. The fourth-order valence-corrected chi connectivity index (χ4v) is 1.94. The zero-order valence-corrected chi connectivity index (χ0v) is 15.8. The smallest absolute Gasteiger partial charge is 0.191 e. The molecular weight excluding hydrogens is 375 g/mol. The molecule has 0 atom stereocenters. The van der Waals surface area contributed by atoms with Crippen LogP contribution in [0.5, 0.6) is 0 Å². The topological polar surface area (TPSA) is 39.7 Å². The van der Waals surface area contributed by atoms with Gasteiger partial charge < -0.3 is 15.5 Å². The number of aliphatic imine (C=N–C) groups is 1. The highest BCUT2D eigenvalue weighted by Gasteiger charge is 2.01. The van der Waals surface area contributed by atoms with Crippen LogP contribution in [0.25, 0.3) is 0 Å². The first-order chi connectivity index (χ1) is 9.76. The number of hydrogen-bond acceptors (Lipinski definition) is 2. The van der Waals surface area contributed by atoms with E-state index in [9.17, 15) is 0 Å². The van der Waals surface area contributed by atoms with Gasteiger partial charge in [-0.1, -0.05) is 43.7 Å². The minimum absolute atomic E-state index is 0. The van der Waals surface area contributed by atoms with Crippen molar-refractivity contribution >= 4 is 29.9 Å². The molecule has 0 radical (unpaired) electrons. The van der Waals surface area contributed by atoms with Crippen molar-refractivity contribution in [3.63, 3.8) is 0 Å². The third-order valence-electron chi connectivity index (χ3n) is 3.13. The number of rotatable bonds is 8. The van der Waals surface area contributed by atoms with E-state index in [4.69, 9.17) is 0 Å². The summed E-state index contributed by atoms with van der Waals surface area (Å²) >= 11 is 0. The lowest BCUT2D eigenvalue weighted by atomic mass is 10.2. The summed E-state index contributed by atoms with van der Waals surface area (Å²) in [5.74, 6) is 0.895.